The lowest BCUT2D eigenvalue weighted by atomic mass is 9.99. The van der Waals surface area contributed by atoms with E-state index in [4.69, 9.17) is 16.6 Å². The van der Waals surface area contributed by atoms with Crippen LogP contribution in [-0.2, 0) is 4.79 Å². The molecule has 28 heavy (non-hydrogen) atoms. The molecule has 2 aromatic rings. The molecular weight excluding hydrogens is 372 g/mol. The van der Waals surface area contributed by atoms with Crippen molar-refractivity contribution in [3.63, 3.8) is 0 Å². The maximum absolute atomic E-state index is 13.4. The van der Waals surface area contributed by atoms with Gasteiger partial charge in [0.05, 0.1) is 11.4 Å². The summed E-state index contributed by atoms with van der Waals surface area (Å²) >= 11 is 6.30. The second-order valence-corrected chi connectivity index (χ2v) is 8.01. The predicted molar refractivity (Wildman–Crippen MR) is 116 cm³/mol. The van der Waals surface area contributed by atoms with Crippen molar-refractivity contribution < 1.29 is 9.90 Å². The molecule has 1 aliphatic rings. The monoisotopic (exact) mass is 398 g/mol. The van der Waals surface area contributed by atoms with Gasteiger partial charge in [-0.05, 0) is 42.7 Å². The molecule has 0 spiro atoms. The minimum atomic E-state index is -0.481. The summed E-state index contributed by atoms with van der Waals surface area (Å²) in [7, 11) is 0. The molecule has 0 bridgehead atoms. The van der Waals surface area contributed by atoms with Gasteiger partial charge in [0.15, 0.2) is 0 Å². The van der Waals surface area contributed by atoms with Crippen molar-refractivity contribution in [1.29, 1.82) is 0 Å². The van der Waals surface area contributed by atoms with E-state index in [0.717, 1.165) is 36.1 Å². The summed E-state index contributed by atoms with van der Waals surface area (Å²) in [5.74, 6) is 0.232. The molecule has 1 heterocycles. The molecule has 0 radical (unpaired) electrons. The first kappa shape index (κ1) is 20.4. The van der Waals surface area contributed by atoms with Gasteiger partial charge in [0.1, 0.15) is 11.8 Å². The number of aliphatic imine (C=N–C) groups is 1. The van der Waals surface area contributed by atoms with Crippen LogP contribution in [0.25, 0.3) is 0 Å². The van der Waals surface area contributed by atoms with Crippen molar-refractivity contribution in [3.05, 3.63) is 58.6 Å². The molecule has 1 aliphatic heterocycles. The number of benzene rings is 2. The van der Waals surface area contributed by atoms with Gasteiger partial charge in [-0.25, -0.2) is 0 Å². The fourth-order valence-electron chi connectivity index (χ4n) is 3.54. The number of unbranched alkanes of at least 4 members (excludes halogenated alkanes) is 2. The summed E-state index contributed by atoms with van der Waals surface area (Å²) in [4.78, 5) is 20.2. The van der Waals surface area contributed by atoms with Crippen LogP contribution in [0.3, 0.4) is 0 Å². The Kier molecular flexibility index (Phi) is 6.40. The highest BCUT2D eigenvalue weighted by atomic mass is 35.5. The molecule has 0 saturated carbocycles. The highest BCUT2D eigenvalue weighted by Crippen LogP contribution is 2.33. The summed E-state index contributed by atoms with van der Waals surface area (Å²) in [5, 5.41) is 10.6. The van der Waals surface area contributed by atoms with E-state index in [9.17, 15) is 9.90 Å². The molecule has 0 aliphatic carbocycles. The average molecular weight is 399 g/mol. The second kappa shape index (κ2) is 8.78. The summed E-state index contributed by atoms with van der Waals surface area (Å²) < 4.78 is 0. The van der Waals surface area contributed by atoms with Crippen molar-refractivity contribution in [1.82, 2.24) is 0 Å². The van der Waals surface area contributed by atoms with Crippen LogP contribution in [0.1, 0.15) is 51.2 Å². The molecule has 1 atom stereocenters. The number of fused-ring (bicyclic) bond motifs is 1. The van der Waals surface area contributed by atoms with Crippen LogP contribution in [0.4, 0.5) is 5.69 Å². The average Bonchev–Trinajstić information content (AvgIpc) is 2.77. The number of carbonyl (C=O) groups excluding carboxylic acids is 1. The zero-order valence-corrected chi connectivity index (χ0v) is 17.4. The van der Waals surface area contributed by atoms with E-state index in [1.54, 1.807) is 18.2 Å². The molecule has 5 heteroatoms. The van der Waals surface area contributed by atoms with Gasteiger partial charge in [0.25, 0.3) is 5.91 Å². The van der Waals surface area contributed by atoms with Gasteiger partial charge in [-0.1, -0.05) is 57.3 Å². The van der Waals surface area contributed by atoms with Crippen molar-refractivity contribution in [2.24, 2.45) is 10.9 Å². The third-order valence-electron chi connectivity index (χ3n) is 5.03. The van der Waals surface area contributed by atoms with E-state index in [1.165, 1.54) is 0 Å². The summed E-state index contributed by atoms with van der Waals surface area (Å²) in [5.41, 5.74) is 3.16. The van der Waals surface area contributed by atoms with Gasteiger partial charge in [-0.15, -0.1) is 0 Å². The van der Waals surface area contributed by atoms with Gasteiger partial charge in [-0.2, -0.15) is 0 Å². The number of hydrogen-bond acceptors (Lipinski definition) is 3. The largest absolute Gasteiger partial charge is 0.508 e. The van der Waals surface area contributed by atoms with Crippen molar-refractivity contribution in [3.8, 4) is 5.75 Å². The number of nitrogens with zero attached hydrogens (tertiary/aromatic N) is 2. The van der Waals surface area contributed by atoms with Crippen LogP contribution in [0.2, 0.25) is 5.02 Å². The zero-order chi connectivity index (χ0) is 20.3. The lowest BCUT2D eigenvalue weighted by molar-refractivity contribution is -0.120. The van der Waals surface area contributed by atoms with Crippen LogP contribution in [-0.4, -0.2) is 29.3 Å². The Labute approximate surface area is 171 Å². The number of hydrogen-bond donors (Lipinski definition) is 1. The summed E-state index contributed by atoms with van der Waals surface area (Å²) in [6.07, 6.45) is 3.08. The van der Waals surface area contributed by atoms with Gasteiger partial charge < -0.3 is 10.0 Å². The van der Waals surface area contributed by atoms with Crippen LogP contribution in [0.5, 0.6) is 5.75 Å². The second-order valence-electron chi connectivity index (χ2n) is 7.58. The standard InChI is InChI=1S/C23H27ClN2O2/c1-4-5-6-12-26-20-14-17(24)10-11-19(20)22(16-8-7-9-18(27)13-16)25-21(15(2)3)23(26)28/h7-11,13-15,21,27H,4-6,12H2,1-3H3. The number of phenols is 1. The molecule has 2 aromatic carbocycles. The topological polar surface area (TPSA) is 52.9 Å². The van der Waals surface area contributed by atoms with Crippen LogP contribution < -0.4 is 4.90 Å². The fourth-order valence-corrected chi connectivity index (χ4v) is 3.70. The number of amides is 1. The smallest absolute Gasteiger partial charge is 0.252 e. The quantitative estimate of drug-likeness (QED) is 0.658. The zero-order valence-electron chi connectivity index (χ0n) is 16.7. The summed E-state index contributed by atoms with van der Waals surface area (Å²) in [6, 6.07) is 12.1. The molecule has 0 aromatic heterocycles. The SMILES string of the molecule is CCCCCN1C(=O)C(C(C)C)N=C(c2cccc(O)c2)c2ccc(Cl)cc21. The van der Waals surface area contributed by atoms with Crippen LogP contribution in [0, 0.1) is 5.92 Å². The lowest BCUT2D eigenvalue weighted by Gasteiger charge is -2.26. The molecule has 3 rings (SSSR count). The number of rotatable bonds is 6. The number of anilines is 1. The maximum Gasteiger partial charge on any atom is 0.252 e. The van der Waals surface area contributed by atoms with Crippen molar-refractivity contribution in [2.45, 2.75) is 46.1 Å². The number of benzodiazepines with no additional fused rings is 1. The van der Waals surface area contributed by atoms with Gasteiger partial charge in [0, 0.05) is 22.7 Å². The molecule has 4 nitrogen and oxygen atoms in total. The third-order valence-corrected chi connectivity index (χ3v) is 5.26. The number of halogens is 1. The van der Waals surface area contributed by atoms with Crippen molar-refractivity contribution >= 4 is 28.9 Å². The Bertz CT molecular complexity index is 892. The third kappa shape index (κ3) is 4.22. The Balaban J connectivity index is 2.19. The molecule has 1 unspecified atom stereocenters. The molecule has 0 saturated heterocycles. The first-order valence-electron chi connectivity index (χ1n) is 9.91. The van der Waals surface area contributed by atoms with Crippen LogP contribution in [0.15, 0.2) is 47.5 Å². The van der Waals surface area contributed by atoms with Gasteiger partial charge in [-0.3, -0.25) is 9.79 Å². The Morgan fingerprint density at radius 2 is 1.96 bits per heavy atom. The number of carbonyl (C=O) groups is 1. The van der Waals surface area contributed by atoms with E-state index >= 15 is 0 Å². The minimum absolute atomic E-state index is 0.00442. The Morgan fingerprint density at radius 3 is 2.64 bits per heavy atom. The van der Waals surface area contributed by atoms with Crippen LogP contribution >= 0.6 is 11.6 Å². The summed E-state index contributed by atoms with van der Waals surface area (Å²) in [6.45, 7) is 6.82. The first-order valence-corrected chi connectivity index (χ1v) is 10.3. The fraction of sp³-hybridized carbons (Fsp3) is 0.391. The predicted octanol–water partition coefficient (Wildman–Crippen LogP) is 5.44. The molecule has 148 valence electrons. The highest BCUT2D eigenvalue weighted by Gasteiger charge is 2.33. The maximum atomic E-state index is 13.4. The van der Waals surface area contributed by atoms with Gasteiger partial charge >= 0.3 is 0 Å². The van der Waals surface area contributed by atoms with Crippen molar-refractivity contribution in [2.75, 3.05) is 11.4 Å². The Morgan fingerprint density at radius 1 is 1.18 bits per heavy atom. The minimum Gasteiger partial charge on any atom is -0.508 e. The van der Waals surface area contributed by atoms with E-state index in [2.05, 4.69) is 6.92 Å². The molecule has 1 amide bonds. The highest BCUT2D eigenvalue weighted by molar-refractivity contribution is 6.31. The normalized spacial score (nSPS) is 16.8. The number of phenolic OH excluding ortho intramolecular Hbond substituents is 1. The number of aromatic hydroxyl groups is 1. The first-order chi connectivity index (χ1) is 13.4. The lowest BCUT2D eigenvalue weighted by Crippen LogP contribution is -2.40. The van der Waals surface area contributed by atoms with E-state index in [1.807, 2.05) is 43.0 Å². The van der Waals surface area contributed by atoms with Gasteiger partial charge in [0.2, 0.25) is 0 Å². The van der Waals surface area contributed by atoms with E-state index in [0.29, 0.717) is 17.3 Å². The molecule has 0 fully saturated rings. The molecular formula is C23H27ClN2O2. The Hall–Kier alpha value is -2.33. The van der Waals surface area contributed by atoms with E-state index in [-0.39, 0.29) is 17.6 Å². The van der Waals surface area contributed by atoms with E-state index < -0.39 is 6.04 Å². The molecule has 1 N–H and O–H groups in total.